The van der Waals surface area contributed by atoms with Crippen LogP contribution in [0.3, 0.4) is 0 Å². The number of amides is 2. The third-order valence-electron chi connectivity index (χ3n) is 3.66. The number of hydrogen-bond donors (Lipinski definition) is 2. The summed E-state index contributed by atoms with van der Waals surface area (Å²) in [6.45, 7) is 12.4. The molecular weight excluding hydrogens is 378 g/mol. The number of hydrogen-bond acceptors (Lipinski definition) is 7. The van der Waals surface area contributed by atoms with Crippen LogP contribution in [0.1, 0.15) is 67.7 Å². The average Bonchev–Trinajstić information content (AvgIpc) is 2.53. The second-order valence-electron chi connectivity index (χ2n) is 8.97. The largest absolute Gasteiger partial charge is 0.468 e. The first-order chi connectivity index (χ1) is 13.1. The van der Waals surface area contributed by atoms with Gasteiger partial charge in [0.1, 0.15) is 11.2 Å². The summed E-state index contributed by atoms with van der Waals surface area (Å²) < 4.78 is 15.2. The van der Waals surface area contributed by atoms with E-state index in [1.165, 1.54) is 7.11 Å². The van der Waals surface area contributed by atoms with Crippen LogP contribution in [-0.2, 0) is 19.0 Å². The lowest BCUT2D eigenvalue weighted by atomic mass is 9.79. The second kappa shape index (κ2) is 10.9. The lowest BCUT2D eigenvalue weighted by molar-refractivity contribution is -0.150. The zero-order valence-electron chi connectivity index (χ0n) is 18.8. The van der Waals surface area contributed by atoms with Crippen LogP contribution in [0.4, 0.5) is 9.59 Å². The molecule has 2 unspecified atom stereocenters. The first-order valence-electron chi connectivity index (χ1n) is 9.60. The van der Waals surface area contributed by atoms with E-state index in [9.17, 15) is 19.6 Å². The summed E-state index contributed by atoms with van der Waals surface area (Å²) in [7, 11) is 1.21. The molecule has 2 atom stereocenters. The summed E-state index contributed by atoms with van der Waals surface area (Å²) in [6.07, 6.45) is -0.665. The number of carbonyl (C=O) groups is 3. The van der Waals surface area contributed by atoms with Crippen molar-refractivity contribution in [1.29, 1.82) is 5.26 Å². The van der Waals surface area contributed by atoms with E-state index in [1.807, 2.05) is 6.07 Å². The number of rotatable bonds is 8. The number of carbonyl (C=O) groups excluding carboxylic acids is 3. The summed E-state index contributed by atoms with van der Waals surface area (Å²) in [6, 6.07) is 1.52. The Morgan fingerprint density at radius 1 is 1.00 bits per heavy atom. The Morgan fingerprint density at radius 2 is 1.52 bits per heavy atom. The monoisotopic (exact) mass is 413 g/mol. The Hall–Kier alpha value is -2.50. The van der Waals surface area contributed by atoms with E-state index in [0.29, 0.717) is 6.42 Å². The maximum absolute atomic E-state index is 12.3. The molecular formula is C20H35N3O6. The molecule has 0 saturated heterocycles. The van der Waals surface area contributed by atoms with E-state index < -0.39 is 40.8 Å². The molecule has 29 heavy (non-hydrogen) atoms. The van der Waals surface area contributed by atoms with Crippen LogP contribution in [0.25, 0.3) is 0 Å². The van der Waals surface area contributed by atoms with Gasteiger partial charge in [-0.25, -0.2) is 9.59 Å². The van der Waals surface area contributed by atoms with Crippen molar-refractivity contribution in [2.45, 2.75) is 85.0 Å². The lowest BCUT2D eigenvalue weighted by Crippen LogP contribution is -2.43. The number of nitrogens with zero attached hydrogens (tertiary/aromatic N) is 1. The van der Waals surface area contributed by atoms with Crippen molar-refractivity contribution in [1.82, 2.24) is 10.6 Å². The minimum Gasteiger partial charge on any atom is -0.468 e. The van der Waals surface area contributed by atoms with Crippen molar-refractivity contribution in [3.05, 3.63) is 0 Å². The Morgan fingerprint density at radius 3 is 1.97 bits per heavy atom. The van der Waals surface area contributed by atoms with E-state index >= 15 is 0 Å². The zero-order valence-corrected chi connectivity index (χ0v) is 18.8. The van der Waals surface area contributed by atoms with Crippen LogP contribution >= 0.6 is 0 Å². The third-order valence-corrected chi connectivity index (χ3v) is 3.66. The van der Waals surface area contributed by atoms with E-state index in [4.69, 9.17) is 14.2 Å². The van der Waals surface area contributed by atoms with Gasteiger partial charge >= 0.3 is 18.2 Å². The predicted molar refractivity (Wildman–Crippen MR) is 107 cm³/mol. The van der Waals surface area contributed by atoms with Crippen molar-refractivity contribution in [2.75, 3.05) is 13.7 Å². The van der Waals surface area contributed by atoms with Crippen molar-refractivity contribution in [3.8, 4) is 6.07 Å². The highest BCUT2D eigenvalue weighted by Gasteiger charge is 2.41. The van der Waals surface area contributed by atoms with Crippen molar-refractivity contribution < 1.29 is 28.6 Å². The highest BCUT2D eigenvalue weighted by Crippen LogP contribution is 2.31. The molecule has 0 aromatic heterocycles. The molecule has 9 heteroatoms. The number of methoxy groups -OCH3 is 1. The molecule has 0 rings (SSSR count). The van der Waals surface area contributed by atoms with E-state index in [0.717, 1.165) is 0 Å². The van der Waals surface area contributed by atoms with E-state index in [2.05, 4.69) is 10.6 Å². The molecule has 0 spiro atoms. The molecule has 0 aliphatic heterocycles. The smallest absolute Gasteiger partial charge is 0.407 e. The summed E-state index contributed by atoms with van der Waals surface area (Å²) in [5.41, 5.74) is -2.74. The Kier molecular flexibility index (Phi) is 9.95. The summed E-state index contributed by atoms with van der Waals surface area (Å²) >= 11 is 0. The van der Waals surface area contributed by atoms with Gasteiger partial charge in [0.25, 0.3) is 0 Å². The molecule has 0 bridgehead atoms. The minimum atomic E-state index is -1.46. The number of alkyl carbamates (subject to hydrolysis) is 2. The summed E-state index contributed by atoms with van der Waals surface area (Å²) in [5, 5.41) is 14.9. The van der Waals surface area contributed by atoms with Crippen molar-refractivity contribution in [3.63, 3.8) is 0 Å². The van der Waals surface area contributed by atoms with Gasteiger partial charge in [-0.1, -0.05) is 0 Å². The fraction of sp³-hybridized carbons (Fsp3) is 0.800. The van der Waals surface area contributed by atoms with Gasteiger partial charge in [0, 0.05) is 12.6 Å². The number of esters is 1. The summed E-state index contributed by atoms with van der Waals surface area (Å²) in [4.78, 5) is 36.0. The van der Waals surface area contributed by atoms with Crippen LogP contribution in [0.15, 0.2) is 0 Å². The molecule has 0 heterocycles. The van der Waals surface area contributed by atoms with Crippen molar-refractivity contribution >= 4 is 18.2 Å². The van der Waals surface area contributed by atoms with Gasteiger partial charge in [-0.15, -0.1) is 0 Å². The summed E-state index contributed by atoms with van der Waals surface area (Å²) in [5.74, 6) is -0.685. The fourth-order valence-corrected chi connectivity index (χ4v) is 2.61. The normalized spacial score (nSPS) is 14.6. The molecule has 2 N–H and O–H groups in total. The molecule has 0 radical (unpaired) electrons. The zero-order chi connectivity index (χ0) is 22.9. The van der Waals surface area contributed by atoms with Crippen LogP contribution in [0.5, 0.6) is 0 Å². The number of nitriles is 1. The maximum atomic E-state index is 12.3. The quantitative estimate of drug-likeness (QED) is 0.355. The molecule has 2 amide bonds. The van der Waals surface area contributed by atoms with Gasteiger partial charge in [0.05, 0.1) is 13.2 Å². The molecule has 0 aliphatic carbocycles. The SMILES string of the molecule is COC(=O)C(C#N)(CCCNC(=O)OC(C)(C)C)CC(C)NC(=O)OC(C)(C)C. The Balaban J connectivity index is 4.90. The standard InChI is InChI=1S/C20H35N3O6/c1-14(23-17(26)29-19(5,6)7)12-20(13-21,15(24)27-8)10-9-11-22-16(25)28-18(2,3)4/h14H,9-12H2,1-8H3,(H,22,25)(H,23,26). The van der Waals surface area contributed by atoms with Gasteiger partial charge in [-0.3, -0.25) is 4.79 Å². The first-order valence-corrected chi connectivity index (χ1v) is 9.60. The van der Waals surface area contributed by atoms with Gasteiger partial charge in [0.15, 0.2) is 5.41 Å². The van der Waals surface area contributed by atoms with Crippen molar-refractivity contribution in [2.24, 2.45) is 5.41 Å². The van der Waals surface area contributed by atoms with E-state index in [1.54, 1.807) is 48.5 Å². The van der Waals surface area contributed by atoms with Gasteiger partial charge in [-0.2, -0.15) is 5.26 Å². The van der Waals surface area contributed by atoms with Gasteiger partial charge in [0.2, 0.25) is 0 Å². The lowest BCUT2D eigenvalue weighted by Gasteiger charge is -2.28. The predicted octanol–water partition coefficient (Wildman–Crippen LogP) is 3.28. The first kappa shape index (κ1) is 26.5. The maximum Gasteiger partial charge on any atom is 0.407 e. The molecule has 0 aromatic carbocycles. The molecule has 0 aliphatic rings. The topological polar surface area (TPSA) is 127 Å². The van der Waals surface area contributed by atoms with Gasteiger partial charge < -0.3 is 24.8 Å². The Bertz CT molecular complexity index is 615. The van der Waals surface area contributed by atoms with E-state index in [-0.39, 0.29) is 19.4 Å². The fourth-order valence-electron chi connectivity index (χ4n) is 2.61. The Labute approximate surface area is 173 Å². The molecule has 0 fully saturated rings. The number of ether oxygens (including phenoxy) is 3. The highest BCUT2D eigenvalue weighted by atomic mass is 16.6. The van der Waals surface area contributed by atoms with Crippen LogP contribution < -0.4 is 10.6 Å². The molecule has 9 nitrogen and oxygen atoms in total. The van der Waals surface area contributed by atoms with Crippen LogP contribution in [0, 0.1) is 16.7 Å². The average molecular weight is 414 g/mol. The van der Waals surface area contributed by atoms with Gasteiger partial charge in [-0.05, 0) is 67.7 Å². The van der Waals surface area contributed by atoms with Crippen LogP contribution in [-0.4, -0.2) is 49.1 Å². The highest BCUT2D eigenvalue weighted by molar-refractivity contribution is 5.80. The second-order valence-corrected chi connectivity index (χ2v) is 8.97. The molecule has 0 aromatic rings. The third kappa shape index (κ3) is 11.2. The number of nitrogens with one attached hydrogen (secondary N) is 2. The minimum absolute atomic E-state index is 0.0435. The van der Waals surface area contributed by atoms with Crippen LogP contribution in [0.2, 0.25) is 0 Å². The molecule has 0 saturated carbocycles. The molecule has 166 valence electrons.